The van der Waals surface area contributed by atoms with Gasteiger partial charge in [-0.05, 0) is 45.6 Å². The summed E-state index contributed by atoms with van der Waals surface area (Å²) in [5.74, 6) is -0.103. The van der Waals surface area contributed by atoms with Crippen molar-refractivity contribution in [2.45, 2.75) is 50.7 Å². The lowest BCUT2D eigenvalue weighted by molar-refractivity contribution is -0.124. The van der Waals surface area contributed by atoms with Gasteiger partial charge in [-0.1, -0.05) is 6.42 Å². The predicted molar refractivity (Wildman–Crippen MR) is 74.5 cm³/mol. The maximum Gasteiger partial charge on any atom is 0.237 e. The Morgan fingerprint density at radius 2 is 2.21 bits per heavy atom. The molecule has 5 nitrogen and oxygen atoms in total. The summed E-state index contributed by atoms with van der Waals surface area (Å²) in [6.45, 7) is 7.89. The van der Waals surface area contributed by atoms with E-state index < -0.39 is 5.54 Å². The van der Waals surface area contributed by atoms with Gasteiger partial charge in [0.25, 0.3) is 0 Å². The first-order valence-electron chi connectivity index (χ1n) is 7.29. The van der Waals surface area contributed by atoms with E-state index in [0.29, 0.717) is 0 Å². The molecule has 1 aliphatic heterocycles. The summed E-state index contributed by atoms with van der Waals surface area (Å²) in [6.07, 6.45) is 3.73. The van der Waals surface area contributed by atoms with Crippen LogP contribution in [0.1, 0.15) is 39.5 Å². The van der Waals surface area contributed by atoms with E-state index in [4.69, 9.17) is 16.2 Å². The monoisotopic (exact) mass is 269 g/mol. The molecule has 5 heteroatoms. The van der Waals surface area contributed by atoms with Gasteiger partial charge in [0.05, 0.1) is 17.7 Å². The van der Waals surface area contributed by atoms with Crippen LogP contribution in [0.15, 0.2) is 0 Å². The molecule has 1 heterocycles. The van der Waals surface area contributed by atoms with E-state index in [-0.39, 0.29) is 17.4 Å². The summed E-state index contributed by atoms with van der Waals surface area (Å²) >= 11 is 0. The van der Waals surface area contributed by atoms with Crippen molar-refractivity contribution in [3.8, 4) is 0 Å². The number of primary amides is 1. The molecule has 0 aromatic rings. The highest BCUT2D eigenvalue weighted by molar-refractivity contribution is 5.85. The third kappa shape index (κ3) is 3.27. The third-order valence-electron chi connectivity index (χ3n) is 4.63. The number of nitrogens with zero attached hydrogens (tertiary/aromatic N) is 1. The van der Waals surface area contributed by atoms with Crippen molar-refractivity contribution < 1.29 is 9.53 Å². The van der Waals surface area contributed by atoms with Crippen molar-refractivity contribution in [1.29, 1.82) is 0 Å². The molecule has 2 fully saturated rings. The zero-order valence-electron chi connectivity index (χ0n) is 12.2. The SMILES string of the molecule is CC1(C)CN(CCC2CCCC2(N)C(N)=O)CCO1. The average molecular weight is 269 g/mol. The zero-order chi connectivity index (χ0) is 14.1. The molecule has 2 rings (SSSR count). The molecule has 2 atom stereocenters. The standard InChI is InChI=1S/C14H27N3O2/c1-13(2)10-17(8-9-19-13)7-5-11-4-3-6-14(11,16)12(15)18/h11H,3-10,16H2,1-2H3,(H2,15,18). The van der Waals surface area contributed by atoms with Gasteiger partial charge in [0.15, 0.2) is 0 Å². The largest absolute Gasteiger partial charge is 0.373 e. The molecule has 2 aliphatic rings. The van der Waals surface area contributed by atoms with Gasteiger partial charge in [-0.2, -0.15) is 0 Å². The summed E-state index contributed by atoms with van der Waals surface area (Å²) in [4.78, 5) is 14.0. The smallest absolute Gasteiger partial charge is 0.237 e. The first-order chi connectivity index (χ1) is 8.83. The van der Waals surface area contributed by atoms with Crippen LogP contribution in [0.4, 0.5) is 0 Å². The average Bonchev–Trinajstić information content (AvgIpc) is 2.68. The second kappa shape index (κ2) is 5.38. The highest BCUT2D eigenvalue weighted by Crippen LogP contribution is 2.36. The highest BCUT2D eigenvalue weighted by Gasteiger charge is 2.44. The second-order valence-electron chi connectivity index (χ2n) is 6.67. The van der Waals surface area contributed by atoms with Crippen LogP contribution in [0, 0.1) is 5.92 Å². The Morgan fingerprint density at radius 1 is 1.47 bits per heavy atom. The van der Waals surface area contributed by atoms with Crippen molar-refractivity contribution in [3.05, 3.63) is 0 Å². The zero-order valence-corrected chi connectivity index (χ0v) is 12.2. The number of nitrogens with two attached hydrogens (primary N) is 2. The number of rotatable bonds is 4. The van der Waals surface area contributed by atoms with E-state index >= 15 is 0 Å². The Balaban J connectivity index is 1.87. The third-order valence-corrected chi connectivity index (χ3v) is 4.63. The lowest BCUT2D eigenvalue weighted by Gasteiger charge is -2.39. The van der Waals surface area contributed by atoms with E-state index in [0.717, 1.165) is 51.9 Å². The van der Waals surface area contributed by atoms with Crippen molar-refractivity contribution in [1.82, 2.24) is 4.90 Å². The van der Waals surface area contributed by atoms with Crippen LogP contribution in [0.5, 0.6) is 0 Å². The molecule has 1 amide bonds. The minimum Gasteiger partial charge on any atom is -0.373 e. The fourth-order valence-electron chi connectivity index (χ4n) is 3.47. The molecule has 2 unspecified atom stereocenters. The van der Waals surface area contributed by atoms with Crippen LogP contribution in [0.2, 0.25) is 0 Å². The number of hydrogen-bond acceptors (Lipinski definition) is 4. The van der Waals surface area contributed by atoms with Crippen molar-refractivity contribution >= 4 is 5.91 Å². The fraction of sp³-hybridized carbons (Fsp3) is 0.929. The molecule has 4 N–H and O–H groups in total. The summed E-state index contributed by atoms with van der Waals surface area (Å²) in [7, 11) is 0. The molecule has 110 valence electrons. The van der Waals surface area contributed by atoms with E-state index in [2.05, 4.69) is 18.7 Å². The molecule has 0 bridgehead atoms. The molecule has 0 radical (unpaired) electrons. The molecular weight excluding hydrogens is 242 g/mol. The minimum absolute atomic E-state index is 0.0720. The fourth-order valence-corrected chi connectivity index (χ4v) is 3.47. The molecular formula is C14H27N3O2. The molecule has 0 aromatic carbocycles. The van der Waals surface area contributed by atoms with E-state index in [1.54, 1.807) is 0 Å². The van der Waals surface area contributed by atoms with Crippen LogP contribution in [0.25, 0.3) is 0 Å². The lowest BCUT2D eigenvalue weighted by Crippen LogP contribution is -2.55. The predicted octanol–water partition coefficient (Wildman–Crippen LogP) is 0.470. The van der Waals surface area contributed by atoms with Gasteiger partial charge in [-0.15, -0.1) is 0 Å². The van der Waals surface area contributed by atoms with Crippen molar-refractivity contribution in [2.75, 3.05) is 26.2 Å². The number of carbonyl (C=O) groups is 1. The first-order valence-corrected chi connectivity index (χ1v) is 7.29. The Morgan fingerprint density at radius 3 is 2.84 bits per heavy atom. The summed E-state index contributed by atoms with van der Waals surface area (Å²) in [5.41, 5.74) is 10.8. The Labute approximate surface area is 115 Å². The quantitative estimate of drug-likeness (QED) is 0.777. The number of hydrogen-bond donors (Lipinski definition) is 2. The van der Waals surface area contributed by atoms with Crippen molar-refractivity contribution in [3.63, 3.8) is 0 Å². The van der Waals surface area contributed by atoms with Gasteiger partial charge in [0.1, 0.15) is 0 Å². The lowest BCUT2D eigenvalue weighted by atomic mass is 9.85. The van der Waals surface area contributed by atoms with Gasteiger partial charge >= 0.3 is 0 Å². The van der Waals surface area contributed by atoms with E-state index in [9.17, 15) is 4.79 Å². The van der Waals surface area contributed by atoms with E-state index in [1.165, 1.54) is 0 Å². The van der Waals surface area contributed by atoms with Gasteiger partial charge in [-0.25, -0.2) is 0 Å². The summed E-state index contributed by atoms with van der Waals surface area (Å²) < 4.78 is 5.71. The minimum atomic E-state index is -0.776. The molecule has 0 aromatic heterocycles. The van der Waals surface area contributed by atoms with Gasteiger partial charge < -0.3 is 16.2 Å². The van der Waals surface area contributed by atoms with Crippen LogP contribution in [-0.4, -0.2) is 48.2 Å². The Kier molecular flexibility index (Phi) is 4.18. The first kappa shape index (κ1) is 14.8. The van der Waals surface area contributed by atoms with Crippen LogP contribution in [0.3, 0.4) is 0 Å². The maximum absolute atomic E-state index is 11.6. The van der Waals surface area contributed by atoms with Crippen LogP contribution >= 0.6 is 0 Å². The molecule has 1 aliphatic carbocycles. The van der Waals surface area contributed by atoms with Crippen LogP contribution in [-0.2, 0) is 9.53 Å². The van der Waals surface area contributed by atoms with Crippen LogP contribution < -0.4 is 11.5 Å². The molecule has 1 saturated carbocycles. The summed E-state index contributed by atoms with van der Waals surface area (Å²) in [5, 5.41) is 0. The van der Waals surface area contributed by atoms with Crippen molar-refractivity contribution in [2.24, 2.45) is 17.4 Å². The second-order valence-corrected chi connectivity index (χ2v) is 6.67. The number of morpholine rings is 1. The van der Waals surface area contributed by atoms with Gasteiger partial charge in [0.2, 0.25) is 5.91 Å². The molecule has 0 spiro atoms. The van der Waals surface area contributed by atoms with Gasteiger partial charge in [0, 0.05) is 13.1 Å². The molecule has 1 saturated heterocycles. The topological polar surface area (TPSA) is 81.6 Å². The summed E-state index contributed by atoms with van der Waals surface area (Å²) in [6, 6.07) is 0. The van der Waals surface area contributed by atoms with E-state index in [1.807, 2.05) is 0 Å². The normalized spacial score (nSPS) is 35.4. The maximum atomic E-state index is 11.6. The number of amides is 1. The number of ether oxygens (including phenoxy) is 1. The molecule has 19 heavy (non-hydrogen) atoms. The van der Waals surface area contributed by atoms with Gasteiger partial charge in [-0.3, -0.25) is 9.69 Å². The Hall–Kier alpha value is -0.650. The number of carbonyl (C=O) groups excluding carboxylic acids is 1. The highest BCUT2D eigenvalue weighted by atomic mass is 16.5. The Bertz CT molecular complexity index is 346.